The van der Waals surface area contributed by atoms with Gasteiger partial charge < -0.3 is 0 Å². The minimum absolute atomic E-state index is 0.267. The molecule has 1 nitrogen and oxygen atoms in total. The van der Waals surface area contributed by atoms with E-state index in [2.05, 4.69) is 6.92 Å². The van der Waals surface area contributed by atoms with Crippen LogP contribution in [0.15, 0.2) is 0 Å². The summed E-state index contributed by atoms with van der Waals surface area (Å²) in [5.74, 6) is 0.423. The van der Waals surface area contributed by atoms with E-state index in [-0.39, 0.29) is 5.92 Å². The first-order valence-corrected chi connectivity index (χ1v) is 3.89. The van der Waals surface area contributed by atoms with Crippen molar-refractivity contribution in [2.24, 2.45) is 11.8 Å². The van der Waals surface area contributed by atoms with Gasteiger partial charge in [-0.15, -0.1) is 0 Å². The molecule has 0 radical (unpaired) electrons. The molecule has 0 aliphatic heterocycles. The lowest BCUT2D eigenvalue weighted by Gasteiger charge is -2.22. The first-order chi connectivity index (χ1) is 4.70. The van der Waals surface area contributed by atoms with Crippen LogP contribution in [-0.2, 0) is 4.79 Å². The predicted octanol–water partition coefficient (Wildman–Crippen LogP) is 2.31. The zero-order chi connectivity index (χ0) is 7.56. The monoisotopic (exact) mass is 144 g/mol. The molecule has 0 aromatic heterocycles. The van der Waals surface area contributed by atoms with Gasteiger partial charge in [-0.1, -0.05) is 6.92 Å². The lowest BCUT2D eigenvalue weighted by Crippen LogP contribution is -2.17. The van der Waals surface area contributed by atoms with Gasteiger partial charge in [-0.25, -0.2) is 0 Å². The summed E-state index contributed by atoms with van der Waals surface area (Å²) in [6, 6.07) is -1.10. The zero-order valence-electron chi connectivity index (χ0n) is 6.27. The smallest absolute Gasteiger partial charge is 0.261 e. The Kier molecular flexibility index (Phi) is 2.41. The van der Waals surface area contributed by atoms with Gasteiger partial charge in [0.15, 0.2) is 0 Å². The van der Waals surface area contributed by atoms with Gasteiger partial charge in [0.25, 0.3) is 0 Å². The molecule has 0 heterocycles. The third-order valence-corrected chi connectivity index (χ3v) is 2.34. The van der Waals surface area contributed by atoms with Gasteiger partial charge in [-0.3, -0.25) is 4.79 Å². The molecule has 0 aromatic rings. The minimum atomic E-state index is -1.10. The van der Waals surface area contributed by atoms with Gasteiger partial charge in [0.2, 0.25) is 0 Å². The molecular formula is C8H13FO. The summed E-state index contributed by atoms with van der Waals surface area (Å²) in [6.45, 7) is 2.15. The molecule has 0 amide bonds. The van der Waals surface area contributed by atoms with Crippen molar-refractivity contribution in [2.45, 2.75) is 32.6 Å². The van der Waals surface area contributed by atoms with Gasteiger partial charge in [0.05, 0.1) is 0 Å². The first-order valence-electron chi connectivity index (χ1n) is 3.89. The Labute approximate surface area is 60.6 Å². The lowest BCUT2D eigenvalue weighted by molar-refractivity contribution is -0.134. The number of hydrogen-bond donors (Lipinski definition) is 0. The van der Waals surface area contributed by atoms with E-state index in [4.69, 9.17) is 0 Å². The quantitative estimate of drug-likeness (QED) is 0.516. The molecule has 58 valence electrons. The van der Waals surface area contributed by atoms with Crippen LogP contribution in [0.4, 0.5) is 4.39 Å². The Balaban J connectivity index is 2.33. The third-order valence-electron chi connectivity index (χ3n) is 2.34. The van der Waals surface area contributed by atoms with Crippen molar-refractivity contribution < 1.29 is 9.18 Å². The minimum Gasteiger partial charge on any atom is -0.261 e. The van der Waals surface area contributed by atoms with Gasteiger partial charge >= 0.3 is 6.04 Å². The maximum absolute atomic E-state index is 12.1. The molecule has 0 atom stereocenters. The van der Waals surface area contributed by atoms with Crippen LogP contribution in [0.1, 0.15) is 32.6 Å². The summed E-state index contributed by atoms with van der Waals surface area (Å²) < 4.78 is 12.1. The van der Waals surface area contributed by atoms with Crippen molar-refractivity contribution in [2.75, 3.05) is 0 Å². The van der Waals surface area contributed by atoms with Gasteiger partial charge in [0.1, 0.15) is 0 Å². The fraction of sp³-hybridized carbons (Fsp3) is 0.875. The number of hydrogen-bond acceptors (Lipinski definition) is 1. The fourth-order valence-corrected chi connectivity index (χ4v) is 1.49. The summed E-state index contributed by atoms with van der Waals surface area (Å²) in [5, 5.41) is 0. The lowest BCUT2D eigenvalue weighted by atomic mass is 9.83. The average molecular weight is 144 g/mol. The highest BCUT2D eigenvalue weighted by Gasteiger charge is 2.23. The maximum atomic E-state index is 12.1. The normalized spacial score (nSPS) is 33.8. The van der Waals surface area contributed by atoms with Crippen LogP contribution in [0, 0.1) is 11.8 Å². The van der Waals surface area contributed by atoms with Gasteiger partial charge in [-0.05, 0) is 31.6 Å². The molecule has 1 saturated carbocycles. The molecule has 0 N–H and O–H groups in total. The number of rotatable bonds is 1. The van der Waals surface area contributed by atoms with E-state index in [1.165, 1.54) is 0 Å². The maximum Gasteiger partial charge on any atom is 0.304 e. The fourth-order valence-electron chi connectivity index (χ4n) is 1.49. The molecule has 2 heteroatoms. The largest absolute Gasteiger partial charge is 0.304 e. The summed E-state index contributed by atoms with van der Waals surface area (Å²) >= 11 is 0. The molecule has 0 saturated heterocycles. The van der Waals surface area contributed by atoms with Crippen LogP contribution in [0.5, 0.6) is 0 Å². The third kappa shape index (κ3) is 1.79. The van der Waals surface area contributed by atoms with Crippen molar-refractivity contribution in [3.05, 3.63) is 0 Å². The van der Waals surface area contributed by atoms with Crippen molar-refractivity contribution in [1.82, 2.24) is 0 Å². The Morgan fingerprint density at radius 1 is 1.30 bits per heavy atom. The molecular weight excluding hydrogens is 131 g/mol. The molecule has 1 aliphatic carbocycles. The van der Waals surface area contributed by atoms with Crippen molar-refractivity contribution in [3.63, 3.8) is 0 Å². The molecule has 1 fully saturated rings. The summed E-state index contributed by atoms with van der Waals surface area (Å²) in [5.41, 5.74) is 0. The number of halogens is 1. The summed E-state index contributed by atoms with van der Waals surface area (Å²) in [7, 11) is 0. The van der Waals surface area contributed by atoms with Crippen LogP contribution < -0.4 is 0 Å². The Morgan fingerprint density at radius 2 is 1.80 bits per heavy atom. The molecule has 0 aromatic carbocycles. The van der Waals surface area contributed by atoms with E-state index in [1.807, 2.05) is 0 Å². The standard InChI is InChI=1S/C8H13FO/c1-6-2-4-7(5-3-6)8(9)10/h6-7H,2-5H2,1H3. The number of carbonyl (C=O) groups is 1. The Hall–Kier alpha value is -0.400. The Bertz CT molecular complexity index is 125. The van der Waals surface area contributed by atoms with E-state index in [1.54, 1.807) is 0 Å². The van der Waals surface area contributed by atoms with Crippen LogP contribution in [0.25, 0.3) is 0 Å². The highest BCUT2D eigenvalue weighted by atomic mass is 19.1. The molecule has 0 bridgehead atoms. The molecule has 0 spiro atoms. The topological polar surface area (TPSA) is 17.1 Å². The van der Waals surface area contributed by atoms with Crippen molar-refractivity contribution in [3.8, 4) is 0 Å². The highest BCUT2D eigenvalue weighted by Crippen LogP contribution is 2.28. The van der Waals surface area contributed by atoms with Crippen LogP contribution in [0.2, 0.25) is 0 Å². The van der Waals surface area contributed by atoms with E-state index in [0.717, 1.165) is 25.7 Å². The van der Waals surface area contributed by atoms with E-state index >= 15 is 0 Å². The van der Waals surface area contributed by atoms with Crippen molar-refractivity contribution in [1.29, 1.82) is 0 Å². The highest BCUT2D eigenvalue weighted by molar-refractivity contribution is 5.70. The van der Waals surface area contributed by atoms with Crippen LogP contribution in [0.3, 0.4) is 0 Å². The molecule has 1 aliphatic rings. The van der Waals surface area contributed by atoms with Gasteiger partial charge in [-0.2, -0.15) is 4.39 Å². The second-order valence-corrected chi connectivity index (χ2v) is 3.26. The van der Waals surface area contributed by atoms with Crippen LogP contribution >= 0.6 is 0 Å². The van der Waals surface area contributed by atoms with Gasteiger partial charge in [0, 0.05) is 5.92 Å². The van der Waals surface area contributed by atoms with E-state index in [0.29, 0.717) is 5.92 Å². The molecule has 10 heavy (non-hydrogen) atoms. The summed E-state index contributed by atoms with van der Waals surface area (Å²) in [6.07, 6.45) is 3.55. The Morgan fingerprint density at radius 3 is 2.20 bits per heavy atom. The van der Waals surface area contributed by atoms with Crippen LogP contribution in [-0.4, -0.2) is 6.04 Å². The zero-order valence-corrected chi connectivity index (χ0v) is 6.27. The second-order valence-electron chi connectivity index (χ2n) is 3.26. The van der Waals surface area contributed by atoms with Crippen molar-refractivity contribution >= 4 is 6.04 Å². The first kappa shape index (κ1) is 7.70. The van der Waals surface area contributed by atoms with E-state index in [9.17, 15) is 9.18 Å². The average Bonchev–Trinajstić information content (AvgIpc) is 1.88. The molecule has 0 unspecified atom stereocenters. The predicted molar refractivity (Wildman–Crippen MR) is 37.2 cm³/mol. The SMILES string of the molecule is CC1CCC(C(=O)F)CC1. The second kappa shape index (κ2) is 3.13. The van der Waals surface area contributed by atoms with E-state index < -0.39 is 6.04 Å². The number of carbonyl (C=O) groups excluding carboxylic acids is 1. The molecule has 1 rings (SSSR count). The summed E-state index contributed by atoms with van der Waals surface area (Å²) in [4.78, 5) is 10.2.